The summed E-state index contributed by atoms with van der Waals surface area (Å²) in [6.07, 6.45) is 2.53. The summed E-state index contributed by atoms with van der Waals surface area (Å²) in [5.41, 5.74) is 2.12. The molecule has 1 heterocycles. The summed E-state index contributed by atoms with van der Waals surface area (Å²) < 4.78 is 6.42. The zero-order valence-electron chi connectivity index (χ0n) is 12.4. The highest BCUT2D eigenvalue weighted by Gasteiger charge is 2.13. The molecule has 5 nitrogen and oxygen atoms in total. The van der Waals surface area contributed by atoms with E-state index in [1.54, 1.807) is 7.11 Å². The molecule has 2 N–H and O–H groups in total. The van der Waals surface area contributed by atoms with E-state index in [9.17, 15) is 0 Å². The minimum absolute atomic E-state index is 0.610. The number of aryl methyl sites for hydroxylation is 1. The lowest BCUT2D eigenvalue weighted by Crippen LogP contribution is -2.07. The molecule has 0 fully saturated rings. The Bertz CT molecular complexity index is 619. The lowest BCUT2D eigenvalue weighted by atomic mass is 10.2. The van der Waals surface area contributed by atoms with Crippen molar-refractivity contribution in [3.63, 3.8) is 0 Å². The smallest absolute Gasteiger partial charge is 0.204 e. The maximum atomic E-state index is 5.44. The predicted octanol–water partition coefficient (Wildman–Crippen LogP) is 4.12. The lowest BCUT2D eigenvalue weighted by Gasteiger charge is -2.14. The van der Waals surface area contributed by atoms with Crippen LogP contribution in [-0.4, -0.2) is 23.6 Å². The van der Waals surface area contributed by atoms with E-state index in [1.807, 2.05) is 25.1 Å². The Labute approximate surface area is 133 Å². The van der Waals surface area contributed by atoms with Crippen molar-refractivity contribution in [2.75, 3.05) is 24.3 Å². The van der Waals surface area contributed by atoms with Gasteiger partial charge in [0.25, 0.3) is 0 Å². The van der Waals surface area contributed by atoms with Crippen LogP contribution in [0.15, 0.2) is 29.0 Å². The summed E-state index contributed by atoms with van der Waals surface area (Å²) in [5, 5.41) is 6.51. The van der Waals surface area contributed by atoms with Gasteiger partial charge in [-0.15, -0.1) is 0 Å². The minimum Gasteiger partial charge on any atom is -0.490 e. The van der Waals surface area contributed by atoms with Gasteiger partial charge in [0.15, 0.2) is 11.6 Å². The van der Waals surface area contributed by atoms with Gasteiger partial charge in [0.2, 0.25) is 5.75 Å². The van der Waals surface area contributed by atoms with Crippen LogP contribution in [0.1, 0.15) is 18.9 Å². The van der Waals surface area contributed by atoms with E-state index in [1.165, 1.54) is 11.9 Å². The molecule has 0 spiro atoms. The third-order valence-corrected chi connectivity index (χ3v) is 3.58. The van der Waals surface area contributed by atoms with E-state index in [-0.39, 0.29) is 0 Å². The maximum Gasteiger partial charge on any atom is 0.204 e. The van der Waals surface area contributed by atoms with Gasteiger partial charge in [-0.25, -0.2) is 9.97 Å². The Balaban J connectivity index is 2.30. The Morgan fingerprint density at radius 1 is 1.24 bits per heavy atom. The summed E-state index contributed by atoms with van der Waals surface area (Å²) in [7, 11) is 1.62. The van der Waals surface area contributed by atoms with E-state index in [4.69, 9.17) is 4.74 Å². The number of nitrogens with one attached hydrogen (secondary N) is 2. The van der Waals surface area contributed by atoms with Crippen LogP contribution in [-0.2, 0) is 0 Å². The maximum absolute atomic E-state index is 5.44. The first kappa shape index (κ1) is 15.6. The molecule has 2 rings (SSSR count). The molecule has 0 aliphatic carbocycles. The van der Waals surface area contributed by atoms with E-state index >= 15 is 0 Å². The van der Waals surface area contributed by atoms with Crippen LogP contribution in [0, 0.1) is 6.92 Å². The summed E-state index contributed by atoms with van der Waals surface area (Å²) in [4.78, 5) is 8.50. The number of rotatable bonds is 6. The van der Waals surface area contributed by atoms with Crippen LogP contribution in [0.4, 0.5) is 17.3 Å². The summed E-state index contributed by atoms with van der Waals surface area (Å²) in [5.74, 6) is 1.94. The largest absolute Gasteiger partial charge is 0.490 e. The number of hydrogen-bond acceptors (Lipinski definition) is 5. The highest BCUT2D eigenvalue weighted by atomic mass is 79.9. The average Bonchev–Trinajstić information content (AvgIpc) is 2.48. The first-order chi connectivity index (χ1) is 10.2. The lowest BCUT2D eigenvalue weighted by molar-refractivity contribution is 0.415. The molecule has 0 radical (unpaired) electrons. The van der Waals surface area contributed by atoms with Crippen LogP contribution in [0.25, 0.3) is 0 Å². The van der Waals surface area contributed by atoms with E-state index in [0.29, 0.717) is 17.4 Å². The number of ether oxygens (including phenoxy) is 1. The van der Waals surface area contributed by atoms with E-state index in [0.717, 1.165) is 23.1 Å². The van der Waals surface area contributed by atoms with Gasteiger partial charge in [-0.3, -0.25) is 0 Å². The van der Waals surface area contributed by atoms with Crippen LogP contribution < -0.4 is 15.4 Å². The Hall–Kier alpha value is -1.82. The molecule has 0 unspecified atom stereocenters. The van der Waals surface area contributed by atoms with Gasteiger partial charge in [-0.1, -0.05) is 13.0 Å². The molecule has 6 heteroatoms. The molecule has 1 aromatic heterocycles. The number of anilines is 3. The van der Waals surface area contributed by atoms with Gasteiger partial charge in [-0.2, -0.15) is 0 Å². The third-order valence-electron chi connectivity index (χ3n) is 2.93. The first-order valence-electron chi connectivity index (χ1n) is 6.81. The zero-order valence-corrected chi connectivity index (χ0v) is 14.0. The number of halogens is 1. The molecule has 0 bridgehead atoms. The zero-order chi connectivity index (χ0) is 15.2. The topological polar surface area (TPSA) is 59.1 Å². The second-order valence-electron chi connectivity index (χ2n) is 4.64. The van der Waals surface area contributed by atoms with Crippen molar-refractivity contribution >= 4 is 33.3 Å². The fraction of sp³-hybridized carbons (Fsp3) is 0.333. The Morgan fingerprint density at radius 2 is 2.00 bits per heavy atom. The Kier molecular flexibility index (Phi) is 5.38. The van der Waals surface area contributed by atoms with Gasteiger partial charge >= 0.3 is 0 Å². The summed E-state index contributed by atoms with van der Waals surface area (Å²) in [6, 6.07) is 6.09. The fourth-order valence-electron chi connectivity index (χ4n) is 1.87. The Morgan fingerprint density at radius 3 is 2.67 bits per heavy atom. The van der Waals surface area contributed by atoms with Gasteiger partial charge in [-0.05, 0) is 47.0 Å². The van der Waals surface area contributed by atoms with Crippen LogP contribution in [0.2, 0.25) is 0 Å². The first-order valence-corrected chi connectivity index (χ1v) is 7.61. The normalized spacial score (nSPS) is 10.3. The van der Waals surface area contributed by atoms with Crippen LogP contribution >= 0.6 is 15.9 Å². The molecule has 0 saturated heterocycles. The van der Waals surface area contributed by atoms with Crippen molar-refractivity contribution in [1.82, 2.24) is 9.97 Å². The van der Waals surface area contributed by atoms with Crippen LogP contribution in [0.5, 0.6) is 5.75 Å². The second-order valence-corrected chi connectivity index (χ2v) is 5.49. The predicted molar refractivity (Wildman–Crippen MR) is 89.5 cm³/mol. The number of nitrogens with zero attached hydrogens (tertiary/aromatic N) is 2. The number of benzene rings is 1. The number of hydrogen-bond donors (Lipinski definition) is 2. The number of aromatic nitrogens is 2. The monoisotopic (exact) mass is 350 g/mol. The van der Waals surface area contributed by atoms with Crippen molar-refractivity contribution < 1.29 is 4.74 Å². The van der Waals surface area contributed by atoms with Gasteiger partial charge in [0.05, 0.1) is 12.8 Å². The molecule has 112 valence electrons. The number of methoxy groups -OCH3 is 1. The van der Waals surface area contributed by atoms with Gasteiger partial charge in [0.1, 0.15) is 6.33 Å². The van der Waals surface area contributed by atoms with Crippen molar-refractivity contribution in [1.29, 1.82) is 0 Å². The SMILES string of the molecule is CCCNc1ncnc(Nc2ccc(C)cc2Br)c1OC. The highest BCUT2D eigenvalue weighted by molar-refractivity contribution is 9.10. The van der Waals surface area contributed by atoms with Crippen molar-refractivity contribution in [3.05, 3.63) is 34.6 Å². The van der Waals surface area contributed by atoms with E-state index in [2.05, 4.69) is 43.5 Å². The molecule has 1 aromatic carbocycles. The second kappa shape index (κ2) is 7.26. The fourth-order valence-corrected chi connectivity index (χ4v) is 2.47. The van der Waals surface area contributed by atoms with Gasteiger partial charge < -0.3 is 15.4 Å². The molecule has 2 aromatic rings. The van der Waals surface area contributed by atoms with Gasteiger partial charge in [0, 0.05) is 11.0 Å². The summed E-state index contributed by atoms with van der Waals surface area (Å²) in [6.45, 7) is 4.98. The average molecular weight is 351 g/mol. The minimum atomic E-state index is 0.610. The molecule has 0 aliphatic heterocycles. The highest BCUT2D eigenvalue weighted by Crippen LogP contribution is 2.33. The van der Waals surface area contributed by atoms with Crippen molar-refractivity contribution in [2.24, 2.45) is 0 Å². The molecule has 0 aliphatic rings. The van der Waals surface area contributed by atoms with E-state index < -0.39 is 0 Å². The summed E-state index contributed by atoms with van der Waals surface area (Å²) >= 11 is 3.55. The van der Waals surface area contributed by atoms with Crippen molar-refractivity contribution in [2.45, 2.75) is 20.3 Å². The molecular formula is C15H19BrN4O. The third kappa shape index (κ3) is 3.85. The van der Waals surface area contributed by atoms with Crippen molar-refractivity contribution in [3.8, 4) is 5.75 Å². The molecular weight excluding hydrogens is 332 g/mol. The standard InChI is InChI=1S/C15H19BrN4O/c1-4-7-17-14-13(21-3)15(19-9-18-14)20-12-6-5-10(2)8-11(12)16/h5-6,8-9H,4,7H2,1-3H3,(H2,17,18,19,20). The molecule has 0 atom stereocenters. The molecule has 0 amide bonds. The quantitative estimate of drug-likeness (QED) is 0.820. The molecule has 21 heavy (non-hydrogen) atoms. The van der Waals surface area contributed by atoms with Crippen LogP contribution in [0.3, 0.4) is 0 Å². The molecule has 0 saturated carbocycles.